The van der Waals surface area contributed by atoms with Crippen LogP contribution < -0.4 is 10.5 Å². The molecule has 4 heterocycles. The average molecular weight is 319 g/mol. The van der Waals surface area contributed by atoms with Crippen LogP contribution in [0.4, 0.5) is 5.13 Å². The van der Waals surface area contributed by atoms with Crippen LogP contribution in [0.1, 0.15) is 36.0 Å². The maximum atomic E-state index is 12.6. The Kier molecular flexibility index (Phi) is 3.33. The van der Waals surface area contributed by atoms with E-state index in [1.807, 2.05) is 0 Å². The van der Waals surface area contributed by atoms with Gasteiger partial charge in [0.2, 0.25) is 10.1 Å². The molecule has 0 saturated carbocycles. The van der Waals surface area contributed by atoms with Crippen LogP contribution in [-0.2, 0) is 0 Å². The first-order valence-corrected chi connectivity index (χ1v) is 8.49. The molecule has 0 aliphatic carbocycles. The van der Waals surface area contributed by atoms with Crippen LogP contribution in [0.15, 0.2) is 11.0 Å². The number of carbonyl (C=O) groups is 1. The van der Waals surface area contributed by atoms with Gasteiger partial charge in [0, 0.05) is 32.4 Å². The highest BCUT2D eigenvalue weighted by Gasteiger charge is 2.24. The summed E-state index contributed by atoms with van der Waals surface area (Å²) in [4.78, 5) is 33.7. The first-order chi connectivity index (χ1) is 10.7. The average Bonchev–Trinajstić information content (AvgIpc) is 3.26. The van der Waals surface area contributed by atoms with Crippen molar-refractivity contribution in [2.45, 2.75) is 25.7 Å². The van der Waals surface area contributed by atoms with Gasteiger partial charge in [0.15, 0.2) is 0 Å². The molecule has 2 aromatic heterocycles. The molecule has 0 N–H and O–H groups in total. The standard InChI is InChI=1S/C14H17N5O2S/c20-11(17-5-1-2-6-17)10-9-15-13-19(12(10)21)16-14(22-13)18-7-3-4-8-18/h9H,1-8H2. The molecule has 2 aliphatic rings. The molecular formula is C14H17N5O2S. The van der Waals surface area contributed by atoms with Gasteiger partial charge in [0.05, 0.1) is 0 Å². The van der Waals surface area contributed by atoms with Crippen molar-refractivity contribution in [2.24, 2.45) is 0 Å². The molecule has 116 valence electrons. The van der Waals surface area contributed by atoms with Gasteiger partial charge in [-0.3, -0.25) is 9.59 Å². The highest BCUT2D eigenvalue weighted by atomic mass is 32.1. The zero-order chi connectivity index (χ0) is 15.1. The number of anilines is 1. The molecule has 0 unspecified atom stereocenters. The third-order valence-corrected chi connectivity index (χ3v) is 5.26. The topological polar surface area (TPSA) is 70.8 Å². The molecule has 0 atom stereocenters. The van der Waals surface area contributed by atoms with Gasteiger partial charge in [-0.2, -0.15) is 4.52 Å². The maximum Gasteiger partial charge on any atom is 0.288 e. The minimum atomic E-state index is -0.358. The second kappa shape index (κ2) is 5.35. The third kappa shape index (κ3) is 2.18. The van der Waals surface area contributed by atoms with E-state index < -0.39 is 0 Å². The van der Waals surface area contributed by atoms with Crippen LogP contribution in [0.2, 0.25) is 0 Å². The first-order valence-electron chi connectivity index (χ1n) is 7.67. The quantitative estimate of drug-likeness (QED) is 0.825. The number of carbonyl (C=O) groups excluding carboxylic acids is 1. The smallest absolute Gasteiger partial charge is 0.288 e. The van der Waals surface area contributed by atoms with Gasteiger partial charge >= 0.3 is 0 Å². The van der Waals surface area contributed by atoms with Crippen LogP contribution in [0.5, 0.6) is 0 Å². The van der Waals surface area contributed by atoms with Gasteiger partial charge in [-0.25, -0.2) is 4.98 Å². The Balaban J connectivity index is 1.73. The lowest BCUT2D eigenvalue weighted by molar-refractivity contribution is 0.0790. The molecule has 0 spiro atoms. The Morgan fingerprint density at radius 3 is 2.50 bits per heavy atom. The van der Waals surface area contributed by atoms with E-state index in [2.05, 4.69) is 15.0 Å². The minimum absolute atomic E-state index is 0.123. The van der Waals surface area contributed by atoms with Gasteiger partial charge in [0.25, 0.3) is 11.5 Å². The van der Waals surface area contributed by atoms with E-state index in [-0.39, 0.29) is 17.0 Å². The second-order valence-electron chi connectivity index (χ2n) is 5.75. The van der Waals surface area contributed by atoms with Gasteiger partial charge in [-0.15, -0.1) is 5.10 Å². The predicted octanol–water partition coefficient (Wildman–Crippen LogP) is 0.987. The van der Waals surface area contributed by atoms with Crippen LogP contribution in [-0.4, -0.2) is 51.6 Å². The van der Waals surface area contributed by atoms with Gasteiger partial charge in [-0.1, -0.05) is 11.3 Å². The molecule has 7 nitrogen and oxygen atoms in total. The monoisotopic (exact) mass is 319 g/mol. The van der Waals surface area contributed by atoms with E-state index in [9.17, 15) is 9.59 Å². The summed E-state index contributed by atoms with van der Waals surface area (Å²) < 4.78 is 1.28. The van der Waals surface area contributed by atoms with Crippen molar-refractivity contribution >= 4 is 27.3 Å². The number of rotatable bonds is 2. The van der Waals surface area contributed by atoms with Crippen molar-refractivity contribution in [3.63, 3.8) is 0 Å². The van der Waals surface area contributed by atoms with Crippen molar-refractivity contribution in [3.8, 4) is 0 Å². The molecule has 0 radical (unpaired) electrons. The Labute approximate surface area is 131 Å². The van der Waals surface area contributed by atoms with Crippen molar-refractivity contribution in [1.29, 1.82) is 0 Å². The number of aromatic nitrogens is 3. The summed E-state index contributed by atoms with van der Waals surface area (Å²) in [6, 6.07) is 0. The molecule has 2 fully saturated rings. The van der Waals surface area contributed by atoms with Crippen molar-refractivity contribution in [1.82, 2.24) is 19.5 Å². The summed E-state index contributed by atoms with van der Waals surface area (Å²) >= 11 is 1.40. The summed E-state index contributed by atoms with van der Waals surface area (Å²) in [6.45, 7) is 3.37. The van der Waals surface area contributed by atoms with Crippen LogP contribution >= 0.6 is 11.3 Å². The molecule has 0 aromatic carbocycles. The molecule has 8 heteroatoms. The number of hydrogen-bond acceptors (Lipinski definition) is 6. The summed E-state index contributed by atoms with van der Waals surface area (Å²) in [6.07, 6.45) is 5.70. The highest BCUT2D eigenvalue weighted by molar-refractivity contribution is 7.20. The lowest BCUT2D eigenvalue weighted by Crippen LogP contribution is -2.34. The van der Waals surface area contributed by atoms with Crippen LogP contribution in [0.25, 0.3) is 4.96 Å². The zero-order valence-corrected chi connectivity index (χ0v) is 13.0. The molecule has 0 bridgehead atoms. The SMILES string of the molecule is O=C(c1cnc2sc(N3CCCC3)nn2c1=O)N1CCCC1. The van der Waals surface area contributed by atoms with Crippen molar-refractivity contribution in [3.05, 3.63) is 22.1 Å². The van der Waals surface area contributed by atoms with E-state index in [0.717, 1.165) is 57.0 Å². The minimum Gasteiger partial charge on any atom is -0.347 e. The molecule has 4 rings (SSSR count). The van der Waals surface area contributed by atoms with Crippen molar-refractivity contribution < 1.29 is 4.79 Å². The molecule has 22 heavy (non-hydrogen) atoms. The fourth-order valence-electron chi connectivity index (χ4n) is 3.05. The number of fused-ring (bicyclic) bond motifs is 1. The van der Waals surface area contributed by atoms with Crippen molar-refractivity contribution in [2.75, 3.05) is 31.1 Å². The Morgan fingerprint density at radius 2 is 1.77 bits per heavy atom. The van der Waals surface area contributed by atoms with E-state index in [0.29, 0.717) is 4.96 Å². The zero-order valence-electron chi connectivity index (χ0n) is 12.2. The Morgan fingerprint density at radius 1 is 1.09 bits per heavy atom. The number of hydrogen-bond donors (Lipinski definition) is 0. The summed E-state index contributed by atoms with van der Waals surface area (Å²) in [5, 5.41) is 5.19. The Bertz CT molecular complexity index is 771. The molecule has 2 saturated heterocycles. The van der Waals surface area contributed by atoms with Gasteiger partial charge in [0.1, 0.15) is 5.56 Å². The van der Waals surface area contributed by atoms with E-state index in [1.54, 1.807) is 4.90 Å². The molecule has 2 aromatic rings. The number of nitrogens with zero attached hydrogens (tertiary/aromatic N) is 5. The lowest BCUT2D eigenvalue weighted by Gasteiger charge is -2.13. The molecule has 2 aliphatic heterocycles. The Hall–Kier alpha value is -1.96. The highest BCUT2D eigenvalue weighted by Crippen LogP contribution is 2.24. The second-order valence-corrected chi connectivity index (χ2v) is 6.68. The van der Waals surface area contributed by atoms with Crippen LogP contribution in [0, 0.1) is 0 Å². The van der Waals surface area contributed by atoms with E-state index >= 15 is 0 Å². The molecular weight excluding hydrogens is 302 g/mol. The third-order valence-electron chi connectivity index (χ3n) is 4.28. The fourth-order valence-corrected chi connectivity index (χ4v) is 3.96. The normalized spacial score (nSPS) is 18.5. The van der Waals surface area contributed by atoms with Crippen LogP contribution in [0.3, 0.4) is 0 Å². The fraction of sp³-hybridized carbons (Fsp3) is 0.571. The largest absolute Gasteiger partial charge is 0.347 e. The number of likely N-dealkylation sites (tertiary alicyclic amines) is 1. The molecule has 1 amide bonds. The summed E-state index contributed by atoms with van der Waals surface area (Å²) in [5.74, 6) is -0.222. The predicted molar refractivity (Wildman–Crippen MR) is 83.7 cm³/mol. The van der Waals surface area contributed by atoms with E-state index in [4.69, 9.17) is 0 Å². The lowest BCUT2D eigenvalue weighted by atomic mass is 10.3. The maximum absolute atomic E-state index is 12.6. The number of amides is 1. The van der Waals surface area contributed by atoms with Gasteiger partial charge < -0.3 is 9.80 Å². The first kappa shape index (κ1) is 13.7. The summed E-state index contributed by atoms with van der Waals surface area (Å²) in [7, 11) is 0. The van der Waals surface area contributed by atoms with Gasteiger partial charge in [-0.05, 0) is 25.7 Å². The van der Waals surface area contributed by atoms with E-state index in [1.165, 1.54) is 22.0 Å². The summed E-state index contributed by atoms with van der Waals surface area (Å²) in [5.41, 5.74) is -0.235.